The van der Waals surface area contributed by atoms with Crippen LogP contribution < -0.4 is 0 Å². The highest BCUT2D eigenvalue weighted by Gasteiger charge is 2.06. The second-order valence-corrected chi connectivity index (χ2v) is 6.75. The molecule has 0 N–H and O–H groups in total. The molecule has 0 atom stereocenters. The molecule has 0 saturated heterocycles. The lowest BCUT2D eigenvalue weighted by atomic mass is 9.94. The van der Waals surface area contributed by atoms with Gasteiger partial charge in [0.05, 0.1) is 0 Å². The molecule has 118 valence electrons. The summed E-state index contributed by atoms with van der Waals surface area (Å²) in [5.41, 5.74) is 3.85. The monoisotopic (exact) mass is 318 g/mol. The molecule has 0 aliphatic rings. The summed E-state index contributed by atoms with van der Waals surface area (Å²) in [7, 11) is 0. The van der Waals surface area contributed by atoms with Crippen LogP contribution in [0.2, 0.25) is 0 Å². The Bertz CT molecular complexity index is 1250. The van der Waals surface area contributed by atoms with E-state index in [4.69, 9.17) is 0 Å². The average molecular weight is 318 g/mol. The van der Waals surface area contributed by atoms with Gasteiger partial charge in [-0.05, 0) is 56.4 Å². The summed E-state index contributed by atoms with van der Waals surface area (Å²) < 4.78 is 0. The molecule has 25 heavy (non-hydrogen) atoms. The predicted molar refractivity (Wildman–Crippen MR) is 109 cm³/mol. The molecule has 5 aromatic rings. The van der Waals surface area contributed by atoms with Crippen molar-refractivity contribution in [2.75, 3.05) is 0 Å². The van der Waals surface area contributed by atoms with E-state index < -0.39 is 0 Å². The number of aryl methyl sites for hydroxylation is 1. The summed E-state index contributed by atoms with van der Waals surface area (Å²) in [5.74, 6) is 0. The highest BCUT2D eigenvalue weighted by molar-refractivity contribution is 6.17. The summed E-state index contributed by atoms with van der Waals surface area (Å²) in [4.78, 5) is 0. The quantitative estimate of drug-likeness (QED) is 0.289. The molecule has 0 spiro atoms. The minimum atomic E-state index is 1.27. The van der Waals surface area contributed by atoms with Gasteiger partial charge < -0.3 is 0 Å². The van der Waals surface area contributed by atoms with Gasteiger partial charge in [0.15, 0.2) is 0 Å². The Kier molecular flexibility index (Phi) is 3.11. The van der Waals surface area contributed by atoms with Crippen LogP contribution in [0.25, 0.3) is 43.4 Å². The summed E-state index contributed by atoms with van der Waals surface area (Å²) >= 11 is 0. The van der Waals surface area contributed by atoms with Crippen LogP contribution in [0, 0.1) is 6.92 Å². The Hall–Kier alpha value is -3.12. The fraction of sp³-hybridized carbons (Fsp3) is 0.0400. The van der Waals surface area contributed by atoms with Crippen molar-refractivity contribution >= 4 is 32.3 Å². The van der Waals surface area contributed by atoms with E-state index in [1.807, 2.05) is 0 Å². The van der Waals surface area contributed by atoms with Crippen molar-refractivity contribution in [2.45, 2.75) is 6.92 Å². The molecule has 0 aromatic heterocycles. The van der Waals surface area contributed by atoms with Crippen LogP contribution in [0.1, 0.15) is 5.56 Å². The first-order valence-corrected chi connectivity index (χ1v) is 8.71. The van der Waals surface area contributed by atoms with Crippen LogP contribution in [-0.4, -0.2) is 0 Å². The smallest absolute Gasteiger partial charge is 0.00987 e. The van der Waals surface area contributed by atoms with Crippen molar-refractivity contribution < 1.29 is 0 Å². The Balaban J connectivity index is 1.85. The predicted octanol–water partition coefficient (Wildman–Crippen LogP) is 7.12. The maximum atomic E-state index is 2.33. The van der Waals surface area contributed by atoms with Crippen molar-refractivity contribution in [2.24, 2.45) is 0 Å². The SMILES string of the molecule is Cc1cccc(-c2ccc3ccc4c5ccccc5ccc4c3c2)c1. The number of hydrogen-bond donors (Lipinski definition) is 0. The molecular formula is C25H18. The highest BCUT2D eigenvalue weighted by Crippen LogP contribution is 2.33. The van der Waals surface area contributed by atoms with Gasteiger partial charge in [0.25, 0.3) is 0 Å². The van der Waals surface area contributed by atoms with Gasteiger partial charge in [0.2, 0.25) is 0 Å². The van der Waals surface area contributed by atoms with Crippen molar-refractivity contribution in [1.29, 1.82) is 0 Å². The van der Waals surface area contributed by atoms with Gasteiger partial charge in [0, 0.05) is 0 Å². The maximum absolute atomic E-state index is 2.33. The van der Waals surface area contributed by atoms with Crippen molar-refractivity contribution in [3.05, 3.63) is 96.6 Å². The van der Waals surface area contributed by atoms with Crippen LogP contribution >= 0.6 is 0 Å². The second-order valence-electron chi connectivity index (χ2n) is 6.75. The van der Waals surface area contributed by atoms with Gasteiger partial charge in [-0.15, -0.1) is 0 Å². The highest BCUT2D eigenvalue weighted by atomic mass is 14.1. The minimum absolute atomic E-state index is 1.27. The standard InChI is InChI=1S/C25H18/c1-17-5-4-7-20(15-17)21-10-9-19-12-13-23-22-8-3-2-6-18(22)11-14-24(23)25(19)16-21/h2-16H,1H3. The Labute approximate surface area is 147 Å². The first-order chi connectivity index (χ1) is 12.3. The Morgan fingerprint density at radius 2 is 1.12 bits per heavy atom. The largest absolute Gasteiger partial charge is 0.0616 e. The summed E-state index contributed by atoms with van der Waals surface area (Å²) in [6.45, 7) is 2.14. The van der Waals surface area contributed by atoms with Crippen LogP contribution in [0.4, 0.5) is 0 Å². The lowest BCUT2D eigenvalue weighted by Crippen LogP contribution is -1.83. The van der Waals surface area contributed by atoms with E-state index >= 15 is 0 Å². The minimum Gasteiger partial charge on any atom is -0.0616 e. The molecule has 0 aliphatic carbocycles. The van der Waals surface area contributed by atoms with E-state index in [1.165, 1.54) is 49.0 Å². The van der Waals surface area contributed by atoms with Crippen molar-refractivity contribution in [3.8, 4) is 11.1 Å². The Morgan fingerprint density at radius 1 is 0.440 bits per heavy atom. The first kappa shape index (κ1) is 14.2. The zero-order valence-electron chi connectivity index (χ0n) is 14.2. The molecule has 0 nitrogen and oxygen atoms in total. The van der Waals surface area contributed by atoms with Crippen LogP contribution in [0.3, 0.4) is 0 Å². The molecule has 5 aromatic carbocycles. The van der Waals surface area contributed by atoms with E-state index in [2.05, 4.69) is 97.9 Å². The molecule has 0 saturated carbocycles. The summed E-state index contributed by atoms with van der Waals surface area (Å²) in [5, 5.41) is 7.88. The van der Waals surface area contributed by atoms with Crippen molar-refractivity contribution in [1.82, 2.24) is 0 Å². The molecular weight excluding hydrogens is 300 g/mol. The normalized spacial score (nSPS) is 11.4. The zero-order valence-corrected chi connectivity index (χ0v) is 14.2. The van der Waals surface area contributed by atoms with E-state index in [-0.39, 0.29) is 0 Å². The number of hydrogen-bond acceptors (Lipinski definition) is 0. The third kappa shape index (κ3) is 2.30. The van der Waals surface area contributed by atoms with Crippen LogP contribution in [0.5, 0.6) is 0 Å². The summed E-state index contributed by atoms with van der Waals surface area (Å²) in [6, 6.07) is 33.1. The molecule has 0 radical (unpaired) electrons. The third-order valence-corrected chi connectivity index (χ3v) is 5.10. The van der Waals surface area contributed by atoms with Crippen molar-refractivity contribution in [3.63, 3.8) is 0 Å². The molecule has 0 heteroatoms. The van der Waals surface area contributed by atoms with Gasteiger partial charge >= 0.3 is 0 Å². The lowest BCUT2D eigenvalue weighted by Gasteiger charge is -2.10. The van der Waals surface area contributed by atoms with Crippen LogP contribution in [0.15, 0.2) is 91.0 Å². The lowest BCUT2D eigenvalue weighted by molar-refractivity contribution is 1.47. The fourth-order valence-corrected chi connectivity index (χ4v) is 3.82. The van der Waals surface area contributed by atoms with Crippen LogP contribution in [-0.2, 0) is 0 Å². The van der Waals surface area contributed by atoms with Gasteiger partial charge in [-0.1, -0.05) is 90.5 Å². The molecule has 0 unspecified atom stereocenters. The number of fused-ring (bicyclic) bond motifs is 5. The summed E-state index contributed by atoms with van der Waals surface area (Å²) in [6.07, 6.45) is 0. The number of benzene rings is 5. The first-order valence-electron chi connectivity index (χ1n) is 8.71. The fourth-order valence-electron chi connectivity index (χ4n) is 3.82. The van der Waals surface area contributed by atoms with E-state index in [0.717, 1.165) is 0 Å². The second kappa shape index (κ2) is 5.46. The van der Waals surface area contributed by atoms with E-state index in [1.54, 1.807) is 0 Å². The molecule has 0 amide bonds. The zero-order chi connectivity index (χ0) is 16.8. The average Bonchev–Trinajstić information content (AvgIpc) is 2.67. The topological polar surface area (TPSA) is 0 Å². The molecule has 0 heterocycles. The van der Waals surface area contributed by atoms with Gasteiger partial charge in [-0.2, -0.15) is 0 Å². The van der Waals surface area contributed by atoms with Gasteiger partial charge in [0.1, 0.15) is 0 Å². The molecule has 5 rings (SSSR count). The maximum Gasteiger partial charge on any atom is -0.00987 e. The Morgan fingerprint density at radius 3 is 1.96 bits per heavy atom. The van der Waals surface area contributed by atoms with Gasteiger partial charge in [-0.3, -0.25) is 0 Å². The molecule has 0 fully saturated rings. The van der Waals surface area contributed by atoms with E-state index in [0.29, 0.717) is 0 Å². The molecule has 0 bridgehead atoms. The third-order valence-electron chi connectivity index (χ3n) is 5.10. The number of rotatable bonds is 1. The molecule has 0 aliphatic heterocycles. The van der Waals surface area contributed by atoms with Gasteiger partial charge in [-0.25, -0.2) is 0 Å². The van der Waals surface area contributed by atoms with E-state index in [9.17, 15) is 0 Å².